The quantitative estimate of drug-likeness (QED) is 0.828. The number of rotatable bonds is 3. The van der Waals surface area contributed by atoms with Crippen molar-refractivity contribution in [1.82, 2.24) is 6.15 Å². The lowest BCUT2D eigenvalue weighted by atomic mass is 9.87. The van der Waals surface area contributed by atoms with Gasteiger partial charge in [0.1, 0.15) is 5.75 Å². The molecule has 90 valence electrons. The largest absolute Gasteiger partial charge is 0.482 e. The Bertz CT molecular complexity index is 338. The lowest BCUT2D eigenvalue weighted by Crippen LogP contribution is -2.12. The predicted octanol–water partition coefficient (Wildman–Crippen LogP) is 2.61. The first-order valence-electron chi connectivity index (χ1n) is 4.85. The highest BCUT2D eigenvalue weighted by molar-refractivity contribution is 5.68. The summed E-state index contributed by atoms with van der Waals surface area (Å²) in [6.07, 6.45) is 0. The topological polar surface area (TPSA) is 81.5 Å². The summed E-state index contributed by atoms with van der Waals surface area (Å²) >= 11 is 0. The number of hydrogen-bond acceptors (Lipinski definition) is 3. The molecule has 0 saturated heterocycles. The van der Waals surface area contributed by atoms with Gasteiger partial charge in [-0.2, -0.15) is 0 Å². The number of ether oxygens (including phenoxy) is 1. The van der Waals surface area contributed by atoms with Crippen LogP contribution >= 0.6 is 0 Å². The molecule has 0 aliphatic carbocycles. The van der Waals surface area contributed by atoms with Crippen molar-refractivity contribution in [3.05, 3.63) is 29.8 Å². The summed E-state index contributed by atoms with van der Waals surface area (Å²) in [4.78, 5) is 10.3. The third-order valence-corrected chi connectivity index (χ3v) is 2.08. The fourth-order valence-electron chi connectivity index (χ4n) is 1.20. The number of benzene rings is 1. The van der Waals surface area contributed by atoms with Crippen LogP contribution in [0.2, 0.25) is 0 Å². The zero-order chi connectivity index (χ0) is 11.5. The molecule has 0 aliphatic heterocycles. The molecule has 0 bridgehead atoms. The van der Waals surface area contributed by atoms with Gasteiger partial charge in [0.15, 0.2) is 6.61 Å². The molecule has 16 heavy (non-hydrogen) atoms. The van der Waals surface area contributed by atoms with E-state index in [-0.39, 0.29) is 18.2 Å². The van der Waals surface area contributed by atoms with Crippen molar-refractivity contribution in [2.45, 2.75) is 26.2 Å². The van der Waals surface area contributed by atoms with Gasteiger partial charge in [-0.1, -0.05) is 32.9 Å². The average Bonchev–Trinajstić information content (AvgIpc) is 2.14. The van der Waals surface area contributed by atoms with Gasteiger partial charge in [0, 0.05) is 0 Å². The van der Waals surface area contributed by atoms with Crippen molar-refractivity contribution in [3.63, 3.8) is 0 Å². The molecule has 0 fully saturated rings. The SMILES string of the molecule is CC(C)(C)c1ccc(OCC(=O)O)cc1.N. The van der Waals surface area contributed by atoms with Crippen LogP contribution in [0.25, 0.3) is 0 Å². The molecule has 0 radical (unpaired) electrons. The standard InChI is InChI=1S/C12H16O3.H3N/c1-12(2,3)9-4-6-10(7-5-9)15-8-11(13)14;/h4-7H,8H2,1-3H3,(H,13,14);1H3. The first kappa shape index (κ1) is 14.5. The van der Waals surface area contributed by atoms with E-state index in [9.17, 15) is 4.79 Å². The summed E-state index contributed by atoms with van der Waals surface area (Å²) in [5.41, 5.74) is 1.30. The summed E-state index contributed by atoms with van der Waals surface area (Å²) in [6, 6.07) is 7.50. The van der Waals surface area contributed by atoms with Crippen LogP contribution in [0.4, 0.5) is 0 Å². The molecule has 0 spiro atoms. The molecule has 0 atom stereocenters. The van der Waals surface area contributed by atoms with Gasteiger partial charge in [0.25, 0.3) is 0 Å². The smallest absolute Gasteiger partial charge is 0.341 e. The normalized spacial score (nSPS) is 10.4. The van der Waals surface area contributed by atoms with Gasteiger partial charge in [-0.15, -0.1) is 0 Å². The highest BCUT2D eigenvalue weighted by atomic mass is 16.5. The third-order valence-electron chi connectivity index (χ3n) is 2.08. The van der Waals surface area contributed by atoms with E-state index in [1.807, 2.05) is 12.1 Å². The maximum absolute atomic E-state index is 10.3. The zero-order valence-electron chi connectivity index (χ0n) is 9.99. The first-order valence-corrected chi connectivity index (χ1v) is 4.85. The van der Waals surface area contributed by atoms with Crippen molar-refractivity contribution in [2.75, 3.05) is 6.61 Å². The van der Waals surface area contributed by atoms with Gasteiger partial charge in [-0.25, -0.2) is 4.79 Å². The van der Waals surface area contributed by atoms with Crippen LogP contribution in [0.1, 0.15) is 26.3 Å². The Kier molecular flexibility index (Phi) is 4.98. The fraction of sp³-hybridized carbons (Fsp3) is 0.417. The summed E-state index contributed by atoms with van der Waals surface area (Å²) in [5.74, 6) is -0.375. The van der Waals surface area contributed by atoms with E-state index in [2.05, 4.69) is 20.8 Å². The number of hydrogen-bond donors (Lipinski definition) is 2. The highest BCUT2D eigenvalue weighted by Crippen LogP contribution is 2.24. The molecule has 1 rings (SSSR count). The maximum atomic E-state index is 10.3. The van der Waals surface area contributed by atoms with E-state index in [1.54, 1.807) is 12.1 Å². The fourth-order valence-corrected chi connectivity index (χ4v) is 1.20. The van der Waals surface area contributed by atoms with Crippen LogP contribution in [0.15, 0.2) is 24.3 Å². The molecule has 0 amide bonds. The van der Waals surface area contributed by atoms with E-state index in [0.29, 0.717) is 5.75 Å². The molecule has 0 heterocycles. The van der Waals surface area contributed by atoms with Crippen LogP contribution < -0.4 is 10.9 Å². The van der Waals surface area contributed by atoms with Gasteiger partial charge in [0.2, 0.25) is 0 Å². The predicted molar refractivity (Wildman–Crippen MR) is 63.3 cm³/mol. The van der Waals surface area contributed by atoms with Crippen LogP contribution in [0, 0.1) is 0 Å². The minimum absolute atomic E-state index is 0. The minimum Gasteiger partial charge on any atom is -0.482 e. The number of carboxylic acids is 1. The van der Waals surface area contributed by atoms with Gasteiger partial charge in [-0.3, -0.25) is 0 Å². The Balaban J connectivity index is 0.00000225. The molecular weight excluding hydrogens is 206 g/mol. The van der Waals surface area contributed by atoms with Crippen molar-refractivity contribution >= 4 is 5.97 Å². The number of carboxylic acid groups (broad SMARTS) is 1. The molecule has 1 aromatic rings. The van der Waals surface area contributed by atoms with Crippen LogP contribution in [-0.4, -0.2) is 17.7 Å². The van der Waals surface area contributed by atoms with Crippen LogP contribution in [-0.2, 0) is 10.2 Å². The summed E-state index contributed by atoms with van der Waals surface area (Å²) < 4.78 is 5.04. The van der Waals surface area contributed by atoms with Gasteiger partial charge < -0.3 is 16.0 Å². The molecule has 4 N–H and O–H groups in total. The van der Waals surface area contributed by atoms with Crippen molar-refractivity contribution < 1.29 is 14.6 Å². The first-order chi connectivity index (χ1) is 6.89. The van der Waals surface area contributed by atoms with E-state index < -0.39 is 5.97 Å². The van der Waals surface area contributed by atoms with Crippen molar-refractivity contribution in [1.29, 1.82) is 0 Å². The van der Waals surface area contributed by atoms with Crippen LogP contribution in [0.3, 0.4) is 0 Å². The molecule has 4 nitrogen and oxygen atoms in total. The summed E-state index contributed by atoms with van der Waals surface area (Å²) in [6.45, 7) is 6.08. The molecule has 0 saturated carbocycles. The monoisotopic (exact) mass is 225 g/mol. The van der Waals surface area contributed by atoms with Crippen LogP contribution in [0.5, 0.6) is 5.75 Å². The van der Waals surface area contributed by atoms with Gasteiger partial charge in [-0.05, 0) is 23.1 Å². The van der Waals surface area contributed by atoms with Gasteiger partial charge in [0.05, 0.1) is 0 Å². The third kappa shape index (κ3) is 4.31. The Hall–Kier alpha value is -1.55. The van der Waals surface area contributed by atoms with Crippen molar-refractivity contribution in [2.24, 2.45) is 0 Å². The summed E-state index contributed by atoms with van der Waals surface area (Å²) in [5, 5.41) is 8.43. The Morgan fingerprint density at radius 3 is 2.12 bits per heavy atom. The molecule has 0 unspecified atom stereocenters. The lowest BCUT2D eigenvalue weighted by molar-refractivity contribution is -0.139. The number of carbonyl (C=O) groups is 1. The maximum Gasteiger partial charge on any atom is 0.341 e. The average molecular weight is 225 g/mol. The van der Waals surface area contributed by atoms with E-state index >= 15 is 0 Å². The number of aliphatic carboxylic acids is 1. The molecule has 0 aliphatic rings. The molecular formula is C12H19NO3. The second kappa shape index (κ2) is 5.51. The van der Waals surface area contributed by atoms with Crippen molar-refractivity contribution in [3.8, 4) is 5.75 Å². The lowest BCUT2D eigenvalue weighted by Gasteiger charge is -2.19. The highest BCUT2D eigenvalue weighted by Gasteiger charge is 2.12. The zero-order valence-corrected chi connectivity index (χ0v) is 9.99. The Morgan fingerprint density at radius 1 is 1.25 bits per heavy atom. The van der Waals surface area contributed by atoms with E-state index in [4.69, 9.17) is 9.84 Å². The van der Waals surface area contributed by atoms with E-state index in [1.165, 1.54) is 5.56 Å². The minimum atomic E-state index is -0.963. The Labute approximate surface area is 95.8 Å². The van der Waals surface area contributed by atoms with Gasteiger partial charge >= 0.3 is 5.97 Å². The second-order valence-electron chi connectivity index (χ2n) is 4.46. The second-order valence-corrected chi connectivity index (χ2v) is 4.46. The molecule has 0 aromatic heterocycles. The summed E-state index contributed by atoms with van der Waals surface area (Å²) in [7, 11) is 0. The molecule has 1 aromatic carbocycles. The molecule has 4 heteroatoms. The Morgan fingerprint density at radius 2 is 1.75 bits per heavy atom. The van der Waals surface area contributed by atoms with E-state index in [0.717, 1.165) is 0 Å².